The molecular formula is C10H9ClF4O2S. The van der Waals surface area contributed by atoms with Crippen LogP contribution in [0.3, 0.4) is 0 Å². The fraction of sp³-hybridized carbons (Fsp3) is 0.400. The minimum atomic E-state index is -5.57. The Morgan fingerprint density at radius 1 is 1.33 bits per heavy atom. The molecule has 0 aliphatic carbocycles. The largest absolute Gasteiger partial charge is 0.501 e. The Labute approximate surface area is 106 Å². The fourth-order valence-electron chi connectivity index (χ4n) is 1.37. The lowest BCUT2D eigenvalue weighted by molar-refractivity contribution is -0.0436. The molecule has 0 bridgehead atoms. The van der Waals surface area contributed by atoms with E-state index in [1.165, 1.54) is 6.92 Å². The Morgan fingerprint density at radius 3 is 2.33 bits per heavy atom. The van der Waals surface area contributed by atoms with Gasteiger partial charge in [0, 0.05) is 5.38 Å². The van der Waals surface area contributed by atoms with E-state index in [0.29, 0.717) is 6.07 Å². The third-order valence-corrected chi connectivity index (χ3v) is 3.85. The van der Waals surface area contributed by atoms with Gasteiger partial charge in [0.2, 0.25) is 0 Å². The van der Waals surface area contributed by atoms with Gasteiger partial charge in [-0.2, -0.15) is 13.2 Å². The molecule has 2 nitrogen and oxygen atoms in total. The number of benzene rings is 1. The molecule has 0 aliphatic rings. The first kappa shape index (κ1) is 15.2. The molecule has 18 heavy (non-hydrogen) atoms. The summed E-state index contributed by atoms with van der Waals surface area (Å²) in [4.78, 5) is -1.08. The van der Waals surface area contributed by atoms with E-state index in [9.17, 15) is 26.0 Å². The van der Waals surface area contributed by atoms with Crippen molar-refractivity contribution in [1.82, 2.24) is 0 Å². The van der Waals surface area contributed by atoms with E-state index in [2.05, 4.69) is 0 Å². The van der Waals surface area contributed by atoms with Crippen molar-refractivity contribution < 1.29 is 26.0 Å². The lowest BCUT2D eigenvalue weighted by Crippen LogP contribution is -2.25. The van der Waals surface area contributed by atoms with Crippen molar-refractivity contribution in [3.63, 3.8) is 0 Å². The highest BCUT2D eigenvalue weighted by Crippen LogP contribution is 2.33. The number of hydrogen-bond donors (Lipinski definition) is 0. The quantitative estimate of drug-likeness (QED) is 0.634. The van der Waals surface area contributed by atoms with E-state index < -0.39 is 31.4 Å². The van der Waals surface area contributed by atoms with Gasteiger partial charge in [-0.3, -0.25) is 0 Å². The molecule has 0 aliphatic heterocycles. The van der Waals surface area contributed by atoms with Crippen LogP contribution in [0.4, 0.5) is 17.6 Å². The first-order chi connectivity index (χ1) is 8.05. The molecule has 0 saturated heterocycles. The molecule has 1 unspecified atom stereocenters. The SMILES string of the molecule is CC(Cl)Cc1ccc(F)cc1S(=O)(=O)C(F)(F)F. The van der Waals surface area contributed by atoms with Crippen molar-refractivity contribution in [1.29, 1.82) is 0 Å². The summed E-state index contributed by atoms with van der Waals surface area (Å²) in [6, 6.07) is 2.24. The molecular weight excluding hydrogens is 296 g/mol. The zero-order valence-electron chi connectivity index (χ0n) is 9.13. The molecule has 0 aromatic heterocycles. The molecule has 8 heteroatoms. The Bertz CT molecular complexity index is 537. The predicted molar refractivity (Wildman–Crippen MR) is 58.7 cm³/mol. The third-order valence-electron chi connectivity index (χ3n) is 2.12. The van der Waals surface area contributed by atoms with Crippen LogP contribution in [0.25, 0.3) is 0 Å². The van der Waals surface area contributed by atoms with Crippen molar-refractivity contribution >= 4 is 21.4 Å². The molecule has 0 heterocycles. The van der Waals surface area contributed by atoms with Crippen molar-refractivity contribution in [2.24, 2.45) is 0 Å². The van der Waals surface area contributed by atoms with Gasteiger partial charge in [-0.25, -0.2) is 12.8 Å². The van der Waals surface area contributed by atoms with Gasteiger partial charge in [0.25, 0.3) is 9.84 Å². The van der Waals surface area contributed by atoms with E-state index in [4.69, 9.17) is 11.6 Å². The Hall–Kier alpha value is -0.820. The number of alkyl halides is 4. The molecule has 0 spiro atoms. The van der Waals surface area contributed by atoms with E-state index in [-0.39, 0.29) is 12.0 Å². The number of rotatable bonds is 3. The molecule has 0 radical (unpaired) electrons. The Kier molecular flexibility index (Phi) is 4.27. The predicted octanol–water partition coefficient (Wildman–Crippen LogP) is 3.29. The molecule has 1 rings (SSSR count). The molecule has 102 valence electrons. The van der Waals surface area contributed by atoms with Crippen molar-refractivity contribution in [2.45, 2.75) is 29.1 Å². The highest BCUT2D eigenvalue weighted by Gasteiger charge is 2.48. The maximum atomic E-state index is 12.9. The van der Waals surface area contributed by atoms with Gasteiger partial charge in [0.1, 0.15) is 5.82 Å². The normalized spacial score (nSPS) is 14.6. The van der Waals surface area contributed by atoms with Crippen LogP contribution in [0.1, 0.15) is 12.5 Å². The lowest BCUT2D eigenvalue weighted by atomic mass is 10.1. The minimum Gasteiger partial charge on any atom is -0.214 e. The maximum absolute atomic E-state index is 12.9. The number of sulfone groups is 1. The zero-order chi connectivity index (χ0) is 14.1. The van der Waals surface area contributed by atoms with Crippen LogP contribution in [-0.2, 0) is 16.3 Å². The van der Waals surface area contributed by atoms with Crippen LogP contribution in [0.2, 0.25) is 0 Å². The maximum Gasteiger partial charge on any atom is 0.501 e. The van der Waals surface area contributed by atoms with Crippen molar-refractivity contribution in [2.75, 3.05) is 0 Å². The third kappa shape index (κ3) is 3.14. The molecule has 1 aromatic carbocycles. The Balaban J connectivity index is 3.43. The summed E-state index contributed by atoms with van der Waals surface area (Å²) in [5.41, 5.74) is -5.62. The van der Waals surface area contributed by atoms with Gasteiger partial charge in [0.05, 0.1) is 4.90 Å². The Morgan fingerprint density at radius 2 is 1.89 bits per heavy atom. The van der Waals surface area contributed by atoms with Crippen LogP contribution in [0.15, 0.2) is 23.1 Å². The van der Waals surface area contributed by atoms with Crippen molar-refractivity contribution in [3.05, 3.63) is 29.6 Å². The summed E-state index contributed by atoms with van der Waals surface area (Å²) in [5.74, 6) is -1.05. The molecule has 0 amide bonds. The van der Waals surface area contributed by atoms with E-state index in [0.717, 1.165) is 12.1 Å². The monoisotopic (exact) mass is 304 g/mol. The van der Waals surface area contributed by atoms with Crippen molar-refractivity contribution in [3.8, 4) is 0 Å². The van der Waals surface area contributed by atoms with Gasteiger partial charge in [-0.05, 0) is 31.0 Å². The summed E-state index contributed by atoms with van der Waals surface area (Å²) >= 11 is 5.62. The summed E-state index contributed by atoms with van der Waals surface area (Å²) < 4.78 is 72.8. The first-order valence-electron chi connectivity index (χ1n) is 4.79. The second-order valence-corrected chi connectivity index (χ2v) is 6.34. The van der Waals surface area contributed by atoms with Crippen LogP contribution in [0, 0.1) is 5.82 Å². The minimum absolute atomic E-state index is 0.105. The molecule has 0 N–H and O–H groups in total. The van der Waals surface area contributed by atoms with Crippen LogP contribution in [-0.4, -0.2) is 19.3 Å². The van der Waals surface area contributed by atoms with E-state index in [1.807, 2.05) is 0 Å². The highest BCUT2D eigenvalue weighted by atomic mass is 35.5. The lowest BCUT2D eigenvalue weighted by Gasteiger charge is -2.13. The summed E-state index contributed by atoms with van der Waals surface area (Å²) in [6.07, 6.45) is -0.105. The molecule has 0 fully saturated rings. The molecule has 1 atom stereocenters. The summed E-state index contributed by atoms with van der Waals surface area (Å²) in [5, 5.41) is -0.572. The highest BCUT2D eigenvalue weighted by molar-refractivity contribution is 7.92. The molecule has 0 saturated carbocycles. The average Bonchev–Trinajstić information content (AvgIpc) is 2.18. The van der Waals surface area contributed by atoms with Crippen LogP contribution in [0.5, 0.6) is 0 Å². The van der Waals surface area contributed by atoms with Crippen LogP contribution >= 0.6 is 11.6 Å². The van der Waals surface area contributed by atoms with Gasteiger partial charge in [0.15, 0.2) is 0 Å². The number of hydrogen-bond acceptors (Lipinski definition) is 2. The van der Waals surface area contributed by atoms with Gasteiger partial charge < -0.3 is 0 Å². The average molecular weight is 305 g/mol. The topological polar surface area (TPSA) is 34.1 Å². The van der Waals surface area contributed by atoms with Gasteiger partial charge in [-0.15, -0.1) is 11.6 Å². The van der Waals surface area contributed by atoms with E-state index in [1.54, 1.807) is 0 Å². The standard InChI is InChI=1S/C10H9ClF4O2S/c1-6(11)4-7-2-3-8(12)5-9(7)18(16,17)10(13,14)15/h2-3,5-6H,4H2,1H3. The van der Waals surface area contributed by atoms with Gasteiger partial charge >= 0.3 is 5.51 Å². The smallest absolute Gasteiger partial charge is 0.214 e. The second kappa shape index (κ2) is 5.05. The molecule has 1 aromatic rings. The zero-order valence-corrected chi connectivity index (χ0v) is 10.7. The van der Waals surface area contributed by atoms with E-state index >= 15 is 0 Å². The van der Waals surface area contributed by atoms with Crippen LogP contribution < -0.4 is 0 Å². The summed E-state index contributed by atoms with van der Waals surface area (Å²) in [6.45, 7) is 1.49. The fourth-order valence-corrected chi connectivity index (χ4v) is 2.55. The first-order valence-corrected chi connectivity index (χ1v) is 6.71. The summed E-state index contributed by atoms with van der Waals surface area (Å²) in [7, 11) is -5.57. The van der Waals surface area contributed by atoms with Gasteiger partial charge in [-0.1, -0.05) is 6.07 Å². The number of halogens is 5. The second-order valence-electron chi connectivity index (χ2n) is 3.69.